The highest BCUT2D eigenvalue weighted by atomic mass is 32.2. The van der Waals surface area contributed by atoms with E-state index < -0.39 is 10.0 Å². The number of hydrogen-bond donors (Lipinski definition) is 2. The van der Waals surface area contributed by atoms with Crippen LogP contribution in [-0.4, -0.2) is 21.0 Å². The summed E-state index contributed by atoms with van der Waals surface area (Å²) < 4.78 is 22.2. The lowest BCUT2D eigenvalue weighted by molar-refractivity contribution is 0.466. The molecule has 1 aromatic carbocycles. The SMILES string of the molecule is CCCC(CC)NCCc1ccc(S(N)(=O)=O)cc1. The van der Waals surface area contributed by atoms with Crippen LogP contribution in [0.1, 0.15) is 38.7 Å². The lowest BCUT2D eigenvalue weighted by Crippen LogP contribution is -2.30. The van der Waals surface area contributed by atoms with Crippen molar-refractivity contribution in [3.63, 3.8) is 0 Å². The summed E-state index contributed by atoms with van der Waals surface area (Å²) in [4.78, 5) is 0.168. The van der Waals surface area contributed by atoms with Crippen molar-refractivity contribution in [2.24, 2.45) is 5.14 Å². The molecule has 0 heterocycles. The topological polar surface area (TPSA) is 72.2 Å². The highest BCUT2D eigenvalue weighted by Gasteiger charge is 2.07. The van der Waals surface area contributed by atoms with E-state index in [2.05, 4.69) is 19.2 Å². The normalized spacial score (nSPS) is 13.4. The van der Waals surface area contributed by atoms with Gasteiger partial charge in [-0.15, -0.1) is 0 Å². The molecule has 1 aromatic rings. The summed E-state index contributed by atoms with van der Waals surface area (Å²) in [5.41, 5.74) is 1.12. The van der Waals surface area contributed by atoms with Gasteiger partial charge in [0.05, 0.1) is 4.90 Å². The van der Waals surface area contributed by atoms with Crippen molar-refractivity contribution >= 4 is 10.0 Å². The molecule has 1 rings (SSSR count). The van der Waals surface area contributed by atoms with Gasteiger partial charge in [0.15, 0.2) is 0 Å². The van der Waals surface area contributed by atoms with Gasteiger partial charge >= 0.3 is 0 Å². The van der Waals surface area contributed by atoms with Crippen molar-refractivity contribution in [2.75, 3.05) is 6.54 Å². The predicted octanol–water partition coefficient (Wildman–Crippen LogP) is 2.04. The van der Waals surface area contributed by atoms with Crippen LogP contribution in [0.2, 0.25) is 0 Å². The molecule has 0 aromatic heterocycles. The van der Waals surface area contributed by atoms with Gasteiger partial charge in [0.1, 0.15) is 0 Å². The molecule has 0 saturated heterocycles. The monoisotopic (exact) mass is 284 g/mol. The first-order chi connectivity index (χ1) is 8.97. The number of rotatable bonds is 8. The van der Waals surface area contributed by atoms with Crippen LogP contribution in [0.3, 0.4) is 0 Å². The van der Waals surface area contributed by atoms with E-state index in [1.54, 1.807) is 12.1 Å². The minimum absolute atomic E-state index is 0.168. The summed E-state index contributed by atoms with van der Waals surface area (Å²) >= 11 is 0. The number of nitrogens with one attached hydrogen (secondary N) is 1. The van der Waals surface area contributed by atoms with Crippen molar-refractivity contribution in [3.05, 3.63) is 29.8 Å². The van der Waals surface area contributed by atoms with E-state index >= 15 is 0 Å². The average molecular weight is 284 g/mol. The predicted molar refractivity (Wildman–Crippen MR) is 78.5 cm³/mol. The van der Waals surface area contributed by atoms with Gasteiger partial charge in [-0.2, -0.15) is 0 Å². The minimum Gasteiger partial charge on any atom is -0.314 e. The third-order valence-electron chi connectivity index (χ3n) is 3.23. The Morgan fingerprint density at radius 1 is 1.21 bits per heavy atom. The molecule has 0 radical (unpaired) electrons. The van der Waals surface area contributed by atoms with Gasteiger partial charge < -0.3 is 5.32 Å². The van der Waals surface area contributed by atoms with Crippen molar-refractivity contribution in [3.8, 4) is 0 Å². The third kappa shape index (κ3) is 5.72. The van der Waals surface area contributed by atoms with Crippen LogP contribution in [0.4, 0.5) is 0 Å². The maximum absolute atomic E-state index is 11.1. The molecule has 1 atom stereocenters. The zero-order valence-corrected chi connectivity index (χ0v) is 12.5. The van der Waals surface area contributed by atoms with Gasteiger partial charge in [-0.25, -0.2) is 13.6 Å². The van der Waals surface area contributed by atoms with E-state index in [1.807, 2.05) is 12.1 Å². The molecule has 0 aliphatic heterocycles. The van der Waals surface area contributed by atoms with Gasteiger partial charge in [0, 0.05) is 6.04 Å². The molecule has 0 spiro atoms. The van der Waals surface area contributed by atoms with Crippen LogP contribution in [0, 0.1) is 0 Å². The first kappa shape index (κ1) is 16.1. The molecule has 3 N–H and O–H groups in total. The Morgan fingerprint density at radius 2 is 1.84 bits per heavy atom. The Hall–Kier alpha value is -0.910. The molecule has 0 amide bonds. The number of benzene rings is 1. The second kappa shape index (κ2) is 7.62. The molecule has 1 unspecified atom stereocenters. The Bertz CT molecular complexity index is 469. The quantitative estimate of drug-likeness (QED) is 0.767. The zero-order valence-electron chi connectivity index (χ0n) is 11.7. The Balaban J connectivity index is 2.46. The molecular weight excluding hydrogens is 260 g/mol. The Morgan fingerprint density at radius 3 is 2.32 bits per heavy atom. The van der Waals surface area contributed by atoms with Crippen LogP contribution in [0.5, 0.6) is 0 Å². The maximum Gasteiger partial charge on any atom is 0.238 e. The molecule has 19 heavy (non-hydrogen) atoms. The van der Waals surface area contributed by atoms with E-state index in [9.17, 15) is 8.42 Å². The van der Waals surface area contributed by atoms with Gasteiger partial charge in [-0.05, 0) is 43.5 Å². The number of nitrogens with two attached hydrogens (primary N) is 1. The summed E-state index contributed by atoms with van der Waals surface area (Å²) in [7, 11) is -3.58. The average Bonchev–Trinajstić information content (AvgIpc) is 2.37. The standard InChI is InChI=1S/C14H24N2O2S/c1-3-5-13(4-2)16-11-10-12-6-8-14(9-7-12)19(15,17)18/h6-9,13,16H,3-5,10-11H2,1-2H3,(H2,15,17,18). The van der Waals surface area contributed by atoms with Crippen molar-refractivity contribution in [1.82, 2.24) is 5.32 Å². The fourth-order valence-corrected chi connectivity index (χ4v) is 2.58. The molecule has 0 aliphatic rings. The van der Waals surface area contributed by atoms with Gasteiger partial charge in [0.25, 0.3) is 0 Å². The Kier molecular flexibility index (Phi) is 6.48. The van der Waals surface area contributed by atoms with E-state index in [1.165, 1.54) is 12.8 Å². The van der Waals surface area contributed by atoms with Gasteiger partial charge in [-0.1, -0.05) is 32.4 Å². The molecule has 0 aliphatic carbocycles. The summed E-state index contributed by atoms with van der Waals surface area (Å²) in [6.07, 6.45) is 4.42. The van der Waals surface area contributed by atoms with Crippen LogP contribution in [0.25, 0.3) is 0 Å². The molecular formula is C14H24N2O2S. The van der Waals surface area contributed by atoms with Crippen molar-refractivity contribution < 1.29 is 8.42 Å². The Labute approximate surface area is 116 Å². The lowest BCUT2D eigenvalue weighted by atomic mass is 10.1. The minimum atomic E-state index is -3.58. The molecule has 4 nitrogen and oxygen atoms in total. The van der Waals surface area contributed by atoms with E-state index in [0.29, 0.717) is 6.04 Å². The molecule has 0 fully saturated rings. The summed E-state index contributed by atoms with van der Waals surface area (Å²) in [5, 5.41) is 8.58. The summed E-state index contributed by atoms with van der Waals surface area (Å²) in [6, 6.07) is 7.35. The molecule has 0 bridgehead atoms. The van der Waals surface area contributed by atoms with Crippen LogP contribution < -0.4 is 10.5 Å². The van der Waals surface area contributed by atoms with Crippen LogP contribution >= 0.6 is 0 Å². The van der Waals surface area contributed by atoms with E-state index in [4.69, 9.17) is 5.14 Å². The smallest absolute Gasteiger partial charge is 0.238 e. The van der Waals surface area contributed by atoms with Crippen LogP contribution in [0.15, 0.2) is 29.2 Å². The first-order valence-electron chi connectivity index (χ1n) is 6.82. The van der Waals surface area contributed by atoms with Crippen molar-refractivity contribution in [1.29, 1.82) is 0 Å². The number of hydrogen-bond acceptors (Lipinski definition) is 3. The highest BCUT2D eigenvalue weighted by Crippen LogP contribution is 2.09. The fourth-order valence-electron chi connectivity index (χ4n) is 2.07. The van der Waals surface area contributed by atoms with Crippen LogP contribution in [-0.2, 0) is 16.4 Å². The molecule has 108 valence electrons. The van der Waals surface area contributed by atoms with Crippen molar-refractivity contribution in [2.45, 2.75) is 50.5 Å². The fraction of sp³-hybridized carbons (Fsp3) is 0.571. The third-order valence-corrected chi connectivity index (χ3v) is 4.16. The lowest BCUT2D eigenvalue weighted by Gasteiger charge is -2.15. The van der Waals surface area contributed by atoms with Gasteiger partial charge in [0.2, 0.25) is 10.0 Å². The molecule has 5 heteroatoms. The molecule has 0 saturated carbocycles. The maximum atomic E-state index is 11.1. The number of sulfonamides is 1. The second-order valence-electron chi connectivity index (χ2n) is 4.79. The second-order valence-corrected chi connectivity index (χ2v) is 6.35. The number of primary sulfonamides is 1. The van der Waals surface area contributed by atoms with Gasteiger partial charge in [-0.3, -0.25) is 0 Å². The summed E-state index contributed by atoms with van der Waals surface area (Å²) in [6.45, 7) is 5.29. The largest absolute Gasteiger partial charge is 0.314 e. The highest BCUT2D eigenvalue weighted by molar-refractivity contribution is 7.89. The van der Waals surface area contributed by atoms with E-state index in [0.717, 1.165) is 24.9 Å². The zero-order chi connectivity index (χ0) is 14.3. The first-order valence-corrected chi connectivity index (χ1v) is 8.37. The van der Waals surface area contributed by atoms with E-state index in [-0.39, 0.29) is 4.90 Å². The summed E-state index contributed by atoms with van der Waals surface area (Å²) in [5.74, 6) is 0.